The lowest BCUT2D eigenvalue weighted by molar-refractivity contribution is 0.481. The number of benzene rings is 17. The maximum atomic E-state index is 6.62. The van der Waals surface area contributed by atoms with Gasteiger partial charge in [-0.3, -0.25) is 0 Å². The zero-order valence-corrected chi connectivity index (χ0v) is 65.4. The van der Waals surface area contributed by atoms with Gasteiger partial charge < -0.3 is 18.9 Å². The summed E-state index contributed by atoms with van der Waals surface area (Å²) < 4.78 is 26.5. The van der Waals surface area contributed by atoms with E-state index in [4.69, 9.17) is 28.9 Å². The lowest BCUT2D eigenvalue weighted by atomic mass is 9.67. The van der Waals surface area contributed by atoms with Gasteiger partial charge in [-0.05, 0) is 233 Å². The van der Waals surface area contributed by atoms with Crippen LogP contribution in [-0.4, -0.2) is 9.97 Å². The van der Waals surface area contributed by atoms with Crippen LogP contribution >= 0.6 is 11.3 Å². The van der Waals surface area contributed by atoms with Gasteiger partial charge in [0.15, 0.2) is 0 Å². The Labute approximate surface area is 689 Å². The van der Waals surface area contributed by atoms with E-state index in [0.29, 0.717) is 0 Å². The standard InChI is InChI=1S/C111H74N2O4S/c1-5-71-34-52-83(53-35-71)115-87-60-44-79(45-61-87)110(78-42-58-86(59-43-78)114-82-50-32-70(4)33-51-82)98-28-16-14-24-92(98)102-94(26-18-30-100(102)110)108-106-107(113-105-91-67-41-77(75-22-12-9-13-23-75)69-97(91)96-68-76(74-20-10-8-11-21-74)40-66-90(96)104(105)112-106)109(118-108)95-27-19-31-101-103(95)93-25-15-17-29-99(93)111(101,80-46-62-88(63-47-80)116-84-54-36-72(6-2)37-55-84)81-48-64-89(65-49-81)117-85-56-38-73(7-3)39-57-85/h5-69H,1-3H2,4H3. The molecular formula is C111H74N2O4S. The van der Waals surface area contributed by atoms with E-state index in [9.17, 15) is 0 Å². The van der Waals surface area contributed by atoms with Crippen molar-refractivity contribution in [1.29, 1.82) is 0 Å². The molecule has 2 aliphatic carbocycles. The van der Waals surface area contributed by atoms with E-state index < -0.39 is 10.8 Å². The number of thiophene rings is 1. The highest BCUT2D eigenvalue weighted by Crippen LogP contribution is 2.63. The Morgan fingerprint density at radius 2 is 0.542 bits per heavy atom. The largest absolute Gasteiger partial charge is 0.457 e. The van der Waals surface area contributed by atoms with Crippen molar-refractivity contribution in [1.82, 2.24) is 9.97 Å². The summed E-state index contributed by atoms with van der Waals surface area (Å²) >= 11 is 1.78. The van der Waals surface area contributed by atoms with Gasteiger partial charge in [0.05, 0.1) is 31.6 Å². The van der Waals surface area contributed by atoms with E-state index in [-0.39, 0.29) is 0 Å². The smallest absolute Gasteiger partial charge is 0.127 e. The molecule has 0 spiro atoms. The van der Waals surface area contributed by atoms with Gasteiger partial charge in [-0.25, -0.2) is 9.97 Å². The third-order valence-electron chi connectivity index (χ3n) is 23.7. The second-order valence-electron chi connectivity index (χ2n) is 30.3. The van der Waals surface area contributed by atoms with Gasteiger partial charge in [0, 0.05) is 21.9 Å². The van der Waals surface area contributed by atoms with Crippen LogP contribution in [0.1, 0.15) is 66.8 Å². The van der Waals surface area contributed by atoms with Gasteiger partial charge in [-0.2, -0.15) is 0 Å². The number of nitrogens with zero attached hydrogens (tertiary/aromatic N) is 2. The average molecular weight is 1530 g/mol. The number of ether oxygens (including phenoxy) is 4. The minimum Gasteiger partial charge on any atom is -0.457 e. The highest BCUT2D eigenvalue weighted by molar-refractivity contribution is 7.21. The molecule has 2 heterocycles. The van der Waals surface area contributed by atoms with Crippen LogP contribution in [-0.2, 0) is 10.8 Å². The monoisotopic (exact) mass is 1530 g/mol. The van der Waals surface area contributed by atoms with Crippen LogP contribution < -0.4 is 18.9 Å². The quantitative estimate of drug-likeness (QED) is 0.0752. The molecule has 0 radical (unpaired) electrons. The van der Waals surface area contributed by atoms with Crippen molar-refractivity contribution in [3.05, 3.63) is 463 Å². The fourth-order valence-corrected chi connectivity index (χ4v) is 19.4. The van der Waals surface area contributed by atoms with Gasteiger partial charge in [0.1, 0.15) is 57.0 Å². The van der Waals surface area contributed by atoms with E-state index in [1.165, 1.54) is 5.56 Å². The molecule has 0 amide bonds. The molecule has 558 valence electrons. The maximum absolute atomic E-state index is 6.62. The number of hydrogen-bond donors (Lipinski definition) is 0. The summed E-state index contributed by atoms with van der Waals surface area (Å²) in [5.41, 5.74) is 25.7. The van der Waals surface area contributed by atoms with Gasteiger partial charge in [-0.1, -0.05) is 310 Å². The summed E-state index contributed by atoms with van der Waals surface area (Å²) in [7, 11) is 0. The summed E-state index contributed by atoms with van der Waals surface area (Å²) in [4.78, 5) is 14.5. The van der Waals surface area contributed by atoms with Crippen LogP contribution in [0.5, 0.6) is 46.0 Å². The summed E-state index contributed by atoms with van der Waals surface area (Å²) in [6.45, 7) is 14.0. The van der Waals surface area contributed by atoms with Crippen molar-refractivity contribution in [3.63, 3.8) is 0 Å². The molecule has 7 heteroatoms. The van der Waals surface area contributed by atoms with Gasteiger partial charge in [0.25, 0.3) is 0 Å². The number of fused-ring (bicyclic) bond motifs is 13. The predicted octanol–water partition coefficient (Wildman–Crippen LogP) is 30.0. The molecular weight excluding hydrogens is 1460 g/mol. The predicted molar refractivity (Wildman–Crippen MR) is 487 cm³/mol. The van der Waals surface area contributed by atoms with E-state index >= 15 is 0 Å². The Hall–Kier alpha value is -15.0. The Morgan fingerprint density at radius 3 is 0.873 bits per heavy atom. The van der Waals surface area contributed by atoms with Crippen molar-refractivity contribution in [2.24, 2.45) is 0 Å². The second-order valence-corrected chi connectivity index (χ2v) is 31.3. The third kappa shape index (κ3) is 11.9. The fraction of sp³-hybridized carbons (Fsp3) is 0.0270. The fourth-order valence-electron chi connectivity index (χ4n) is 18.1. The summed E-state index contributed by atoms with van der Waals surface area (Å²) in [6.07, 6.45) is 5.52. The Morgan fingerprint density at radius 1 is 0.254 bits per heavy atom. The lowest BCUT2D eigenvalue weighted by Gasteiger charge is -2.34. The zero-order chi connectivity index (χ0) is 79.0. The van der Waals surface area contributed by atoms with Crippen molar-refractivity contribution in [2.45, 2.75) is 17.8 Å². The molecule has 19 aromatic rings. The topological polar surface area (TPSA) is 62.7 Å². The number of rotatable bonds is 19. The van der Waals surface area contributed by atoms with Gasteiger partial charge >= 0.3 is 0 Å². The minimum atomic E-state index is -0.867. The van der Waals surface area contributed by atoms with Crippen LogP contribution in [0.2, 0.25) is 0 Å². The molecule has 2 aromatic heterocycles. The minimum absolute atomic E-state index is 0.719. The molecule has 0 fully saturated rings. The van der Waals surface area contributed by atoms with Crippen LogP contribution in [0.15, 0.2) is 396 Å². The van der Waals surface area contributed by atoms with Crippen LogP contribution in [0, 0.1) is 6.92 Å². The zero-order valence-electron chi connectivity index (χ0n) is 64.6. The number of aromatic nitrogens is 2. The number of aryl methyl sites for hydroxylation is 1. The Balaban J connectivity index is 0.818. The first-order chi connectivity index (χ1) is 58.2. The maximum Gasteiger partial charge on any atom is 0.127 e. The first-order valence-corrected chi connectivity index (χ1v) is 40.6. The van der Waals surface area contributed by atoms with Crippen molar-refractivity contribution < 1.29 is 18.9 Å². The van der Waals surface area contributed by atoms with Gasteiger partial charge in [0.2, 0.25) is 0 Å². The second kappa shape index (κ2) is 29.1. The van der Waals surface area contributed by atoms with E-state index in [0.717, 1.165) is 216 Å². The molecule has 21 rings (SSSR count). The molecule has 17 aromatic carbocycles. The highest BCUT2D eigenvalue weighted by atomic mass is 32.1. The normalized spacial score (nSPS) is 13.5. The van der Waals surface area contributed by atoms with Gasteiger partial charge in [-0.15, -0.1) is 11.3 Å². The molecule has 1 atom stereocenters. The molecule has 118 heavy (non-hydrogen) atoms. The third-order valence-corrected chi connectivity index (χ3v) is 24.9. The van der Waals surface area contributed by atoms with Crippen molar-refractivity contribution >= 4 is 73.2 Å². The molecule has 0 N–H and O–H groups in total. The Bertz CT molecular complexity index is 6910. The molecule has 0 saturated heterocycles. The van der Waals surface area contributed by atoms with E-state index in [1.807, 2.05) is 103 Å². The first kappa shape index (κ1) is 70.8. The van der Waals surface area contributed by atoms with Crippen LogP contribution in [0.25, 0.3) is 127 Å². The average Bonchev–Trinajstić information content (AvgIpc) is 1.54. The molecule has 2 aliphatic rings. The van der Waals surface area contributed by atoms with Crippen LogP contribution in [0.3, 0.4) is 0 Å². The number of hydrogen-bond acceptors (Lipinski definition) is 7. The molecule has 0 aliphatic heterocycles. The molecule has 6 nitrogen and oxygen atoms in total. The van der Waals surface area contributed by atoms with Crippen molar-refractivity contribution in [2.75, 3.05) is 0 Å². The SMILES string of the molecule is C=Cc1ccc(Oc2ccc(C3(c4ccc(Oc5ccc(C)cc5)cc4)c4ccccc4-c4c(-c5sc(-c6cccc7c6-c6ccccc6C7(c6ccc(Oc7ccc(C=C)cc7)cc6)c6ccc(Oc7ccc(C=C)cc7)cc6)c6nc7c8ccc(-c9ccccc9)cc8c8cc(-c9ccccc9)ccc8c7nc56)cccc43)cc2)cc1. The molecule has 0 bridgehead atoms. The summed E-state index contributed by atoms with van der Waals surface area (Å²) in [5, 5.41) is 4.23. The Kier molecular flexibility index (Phi) is 17.5. The lowest BCUT2D eigenvalue weighted by Crippen LogP contribution is -2.28. The summed E-state index contributed by atoms with van der Waals surface area (Å²) in [6, 6.07) is 134. The van der Waals surface area contributed by atoms with E-state index in [1.54, 1.807) is 11.3 Å². The first-order valence-electron chi connectivity index (χ1n) is 39.8. The molecule has 0 saturated carbocycles. The highest BCUT2D eigenvalue weighted by Gasteiger charge is 2.49. The summed E-state index contributed by atoms with van der Waals surface area (Å²) in [5.74, 6) is 5.88. The van der Waals surface area contributed by atoms with Crippen LogP contribution in [0.4, 0.5) is 0 Å². The van der Waals surface area contributed by atoms with Crippen molar-refractivity contribution in [3.8, 4) is 111 Å². The molecule has 1 unspecified atom stereocenters. The van der Waals surface area contributed by atoms with E-state index in [2.05, 4.69) is 318 Å².